The molecular formula is C20H19BrN4O3S. The van der Waals surface area contributed by atoms with Crippen molar-refractivity contribution < 1.29 is 14.3 Å². The van der Waals surface area contributed by atoms with Crippen LogP contribution in [0, 0.1) is 6.92 Å². The zero-order chi connectivity index (χ0) is 20.4. The number of hydrogen-bond donors (Lipinski definition) is 1. The lowest BCUT2D eigenvalue weighted by Gasteiger charge is -2.25. The van der Waals surface area contributed by atoms with Gasteiger partial charge in [-0.25, -0.2) is 0 Å². The summed E-state index contributed by atoms with van der Waals surface area (Å²) in [4.78, 5) is 12.3. The molecule has 1 aliphatic rings. The molecule has 0 radical (unpaired) electrons. The summed E-state index contributed by atoms with van der Waals surface area (Å²) in [5, 5.41) is 12.0. The van der Waals surface area contributed by atoms with Crippen LogP contribution in [-0.4, -0.2) is 33.0 Å². The molecule has 1 N–H and O–H groups in total. The largest absolute Gasteiger partial charge is 0.485 e. The summed E-state index contributed by atoms with van der Waals surface area (Å²) in [5.74, 6) is 2.17. The number of amides is 1. The van der Waals surface area contributed by atoms with Gasteiger partial charge in [-0.1, -0.05) is 30.0 Å². The molecule has 0 saturated carbocycles. The maximum absolute atomic E-state index is 12.3. The normalized spacial score (nSPS) is 15.2. The minimum atomic E-state index is -0.353. The van der Waals surface area contributed by atoms with Crippen LogP contribution in [0.25, 0.3) is 0 Å². The number of halogens is 1. The van der Waals surface area contributed by atoms with Crippen LogP contribution in [0.3, 0.4) is 0 Å². The van der Waals surface area contributed by atoms with E-state index in [0.29, 0.717) is 23.3 Å². The molecule has 9 heteroatoms. The minimum absolute atomic E-state index is 0.115. The van der Waals surface area contributed by atoms with Gasteiger partial charge in [-0.05, 0) is 52.7 Å². The molecule has 1 atom stereocenters. The van der Waals surface area contributed by atoms with Crippen molar-refractivity contribution in [2.24, 2.45) is 7.05 Å². The van der Waals surface area contributed by atoms with Gasteiger partial charge in [-0.15, -0.1) is 10.2 Å². The highest BCUT2D eigenvalue weighted by Gasteiger charge is 2.27. The van der Waals surface area contributed by atoms with Gasteiger partial charge in [0.15, 0.2) is 28.6 Å². The SMILES string of the molecule is Cc1ccc(NC(=O)CSc2nnc(C3COc4ccccc4O3)n2C)c(Br)c1. The molecule has 1 aliphatic heterocycles. The quantitative estimate of drug-likeness (QED) is 0.560. The van der Waals surface area contributed by atoms with Gasteiger partial charge in [-0.2, -0.15) is 0 Å². The molecule has 29 heavy (non-hydrogen) atoms. The topological polar surface area (TPSA) is 78.3 Å². The van der Waals surface area contributed by atoms with Crippen molar-refractivity contribution >= 4 is 39.3 Å². The Labute approximate surface area is 180 Å². The second kappa shape index (κ2) is 8.46. The first-order valence-electron chi connectivity index (χ1n) is 8.98. The van der Waals surface area contributed by atoms with Crippen LogP contribution < -0.4 is 14.8 Å². The van der Waals surface area contributed by atoms with E-state index in [9.17, 15) is 4.79 Å². The van der Waals surface area contributed by atoms with E-state index in [1.54, 1.807) is 0 Å². The number of aromatic nitrogens is 3. The zero-order valence-electron chi connectivity index (χ0n) is 15.9. The lowest BCUT2D eigenvalue weighted by molar-refractivity contribution is -0.113. The number of thioether (sulfide) groups is 1. The van der Waals surface area contributed by atoms with Crippen molar-refractivity contribution in [2.45, 2.75) is 18.2 Å². The Kier molecular flexibility index (Phi) is 5.77. The average molecular weight is 475 g/mol. The number of hydrogen-bond acceptors (Lipinski definition) is 6. The number of anilines is 1. The van der Waals surface area contributed by atoms with Crippen LogP contribution in [0.5, 0.6) is 11.5 Å². The first-order valence-corrected chi connectivity index (χ1v) is 10.8. The summed E-state index contributed by atoms with van der Waals surface area (Å²) in [6, 6.07) is 13.3. The Morgan fingerprint density at radius 2 is 2.07 bits per heavy atom. The number of fused-ring (bicyclic) bond motifs is 1. The standard InChI is InChI=1S/C20H19BrN4O3S/c1-12-7-8-14(13(21)9-12)22-18(26)11-29-20-24-23-19(25(20)2)17-10-27-15-5-3-4-6-16(15)28-17/h3-9,17H,10-11H2,1-2H3,(H,22,26). The zero-order valence-corrected chi connectivity index (χ0v) is 18.3. The minimum Gasteiger partial charge on any atom is -0.485 e. The fourth-order valence-electron chi connectivity index (χ4n) is 2.92. The molecule has 0 spiro atoms. The first-order chi connectivity index (χ1) is 14.0. The smallest absolute Gasteiger partial charge is 0.234 e. The molecule has 0 fully saturated rings. The van der Waals surface area contributed by atoms with Crippen molar-refractivity contribution in [3.8, 4) is 11.5 Å². The van der Waals surface area contributed by atoms with Crippen molar-refractivity contribution in [1.82, 2.24) is 14.8 Å². The lowest BCUT2D eigenvalue weighted by atomic mass is 10.2. The Balaban J connectivity index is 1.38. The number of carbonyl (C=O) groups is 1. The lowest BCUT2D eigenvalue weighted by Crippen LogP contribution is -2.24. The molecule has 4 rings (SSSR count). The first kappa shape index (κ1) is 19.8. The highest BCUT2D eigenvalue weighted by Crippen LogP contribution is 2.35. The molecule has 2 aromatic carbocycles. The Bertz CT molecular complexity index is 1060. The molecule has 1 aromatic heterocycles. The Hall–Kier alpha value is -2.52. The number of nitrogens with one attached hydrogen (secondary N) is 1. The van der Waals surface area contributed by atoms with E-state index in [0.717, 1.165) is 21.5 Å². The summed E-state index contributed by atoms with van der Waals surface area (Å²) < 4.78 is 14.4. The number of carbonyl (C=O) groups excluding carboxylic acids is 1. The molecule has 7 nitrogen and oxygen atoms in total. The maximum atomic E-state index is 12.3. The van der Waals surface area contributed by atoms with Gasteiger partial charge >= 0.3 is 0 Å². The fraction of sp³-hybridized carbons (Fsp3) is 0.250. The summed E-state index contributed by atoms with van der Waals surface area (Å²) >= 11 is 4.79. The van der Waals surface area contributed by atoms with Gasteiger partial charge in [0.1, 0.15) is 6.61 Å². The average Bonchev–Trinajstić information content (AvgIpc) is 3.08. The molecular weight excluding hydrogens is 456 g/mol. The van der Waals surface area contributed by atoms with Crippen molar-refractivity contribution in [2.75, 3.05) is 17.7 Å². The summed E-state index contributed by atoms with van der Waals surface area (Å²) in [6.45, 7) is 2.35. The van der Waals surface area contributed by atoms with Crippen LogP contribution >= 0.6 is 27.7 Å². The molecule has 0 bridgehead atoms. The van der Waals surface area contributed by atoms with E-state index in [-0.39, 0.29) is 17.8 Å². The Morgan fingerprint density at radius 1 is 1.28 bits per heavy atom. The van der Waals surface area contributed by atoms with Crippen LogP contribution in [0.15, 0.2) is 52.1 Å². The van der Waals surface area contributed by atoms with Crippen LogP contribution in [0.4, 0.5) is 5.69 Å². The predicted octanol–water partition coefficient (Wildman–Crippen LogP) is 4.13. The van der Waals surface area contributed by atoms with Crippen LogP contribution in [0.1, 0.15) is 17.5 Å². The molecule has 0 saturated heterocycles. The van der Waals surface area contributed by atoms with Crippen molar-refractivity contribution in [3.63, 3.8) is 0 Å². The van der Waals surface area contributed by atoms with Crippen LogP contribution in [-0.2, 0) is 11.8 Å². The van der Waals surface area contributed by atoms with E-state index < -0.39 is 0 Å². The Morgan fingerprint density at radius 3 is 2.86 bits per heavy atom. The van der Waals surface area contributed by atoms with Gasteiger partial charge in [0.2, 0.25) is 5.91 Å². The van der Waals surface area contributed by atoms with Gasteiger partial charge in [0.25, 0.3) is 0 Å². The molecule has 2 heterocycles. The summed E-state index contributed by atoms with van der Waals surface area (Å²) in [5.41, 5.74) is 1.86. The van der Waals surface area contributed by atoms with Crippen molar-refractivity contribution in [1.29, 1.82) is 0 Å². The second-order valence-electron chi connectivity index (χ2n) is 6.58. The molecule has 150 valence electrons. The number of aryl methyl sites for hydroxylation is 1. The molecule has 3 aromatic rings. The van der Waals surface area contributed by atoms with Crippen LogP contribution in [0.2, 0.25) is 0 Å². The second-order valence-corrected chi connectivity index (χ2v) is 8.38. The third-order valence-electron chi connectivity index (χ3n) is 4.40. The number of benzene rings is 2. The van der Waals surface area contributed by atoms with Gasteiger partial charge < -0.3 is 19.4 Å². The number of nitrogens with zero attached hydrogens (tertiary/aromatic N) is 3. The van der Waals surface area contributed by atoms with Crippen molar-refractivity contribution in [3.05, 3.63) is 58.3 Å². The third-order valence-corrected chi connectivity index (χ3v) is 6.07. The van der Waals surface area contributed by atoms with E-state index in [1.165, 1.54) is 11.8 Å². The van der Waals surface area contributed by atoms with Gasteiger partial charge in [0.05, 0.1) is 11.4 Å². The fourth-order valence-corrected chi connectivity index (χ4v) is 4.23. The van der Waals surface area contributed by atoms with Gasteiger partial charge in [-0.3, -0.25) is 4.79 Å². The molecule has 0 aliphatic carbocycles. The third kappa shape index (κ3) is 4.40. The highest BCUT2D eigenvalue weighted by molar-refractivity contribution is 9.10. The predicted molar refractivity (Wildman–Crippen MR) is 115 cm³/mol. The van der Waals surface area contributed by atoms with E-state index in [1.807, 2.05) is 61.0 Å². The van der Waals surface area contributed by atoms with E-state index in [4.69, 9.17) is 9.47 Å². The summed E-state index contributed by atoms with van der Waals surface area (Å²) in [6.07, 6.45) is -0.353. The maximum Gasteiger partial charge on any atom is 0.234 e. The van der Waals surface area contributed by atoms with E-state index >= 15 is 0 Å². The number of para-hydroxylation sites is 2. The molecule has 1 unspecified atom stereocenters. The molecule has 1 amide bonds. The number of rotatable bonds is 5. The number of ether oxygens (including phenoxy) is 2. The van der Waals surface area contributed by atoms with Gasteiger partial charge in [0, 0.05) is 11.5 Å². The highest BCUT2D eigenvalue weighted by atomic mass is 79.9. The monoisotopic (exact) mass is 474 g/mol. The van der Waals surface area contributed by atoms with E-state index in [2.05, 4.69) is 31.4 Å². The summed E-state index contributed by atoms with van der Waals surface area (Å²) in [7, 11) is 1.86.